The normalized spacial score (nSPS) is 17.9. The van der Waals surface area contributed by atoms with E-state index in [0.717, 1.165) is 30.2 Å². The minimum Gasteiger partial charge on any atom is -0.482 e. The molecule has 0 unspecified atom stereocenters. The molecule has 0 radical (unpaired) electrons. The number of hydrogen-bond acceptors (Lipinski definition) is 4. The standard InChI is InChI=1S/C23H29NO.C23H27NO/c1-11-12(2)19-15(5)16(6)23(7,8)25-22(19)20-17-10-24(9)21(17)14(4)13(3)18(11)20;1-11-12(2)19-13(3)16(6)23(7,8)25-22(19)20-15(5)21-17(9-10-24-21)14(4)18(11)20/h10H2,1-9H3;10H,9H2,1-8H3. The molecule has 0 spiro atoms. The predicted octanol–water partition coefficient (Wildman–Crippen LogP) is 12.3. The maximum absolute atomic E-state index is 6.67. The van der Waals surface area contributed by atoms with E-state index in [2.05, 4.69) is 128 Å². The second-order valence-electron chi connectivity index (χ2n) is 16.7. The molecule has 0 amide bonds. The van der Waals surface area contributed by atoms with Gasteiger partial charge in [0, 0.05) is 59.4 Å². The Morgan fingerprint density at radius 2 is 1.00 bits per heavy atom. The van der Waals surface area contributed by atoms with Gasteiger partial charge in [-0.3, -0.25) is 4.99 Å². The average Bonchev–Trinajstić information content (AvgIpc) is 3.54. The molecule has 0 saturated carbocycles. The zero-order chi connectivity index (χ0) is 36.7. The van der Waals surface area contributed by atoms with Crippen LogP contribution in [0.15, 0.2) is 16.1 Å². The lowest BCUT2D eigenvalue weighted by Crippen LogP contribution is -2.35. The van der Waals surface area contributed by atoms with Crippen LogP contribution in [0.2, 0.25) is 0 Å². The molecule has 4 aliphatic heterocycles. The van der Waals surface area contributed by atoms with E-state index in [9.17, 15) is 0 Å². The summed E-state index contributed by atoms with van der Waals surface area (Å²) in [4.78, 5) is 7.05. The van der Waals surface area contributed by atoms with Crippen LogP contribution < -0.4 is 14.4 Å². The molecule has 0 aromatic heterocycles. The summed E-state index contributed by atoms with van der Waals surface area (Å²) in [5, 5.41) is 5.38. The Balaban J connectivity index is 0.000000157. The van der Waals surface area contributed by atoms with Crippen molar-refractivity contribution >= 4 is 50.3 Å². The molecule has 4 aromatic rings. The number of rotatable bonds is 0. The molecule has 0 atom stereocenters. The fourth-order valence-electron chi connectivity index (χ4n) is 9.51. The maximum Gasteiger partial charge on any atom is 0.136 e. The van der Waals surface area contributed by atoms with Crippen LogP contribution in [0, 0.1) is 55.4 Å². The molecule has 4 nitrogen and oxygen atoms in total. The van der Waals surface area contributed by atoms with E-state index in [1.54, 1.807) is 0 Å². The van der Waals surface area contributed by atoms with Gasteiger partial charge in [-0.15, -0.1) is 0 Å². The van der Waals surface area contributed by atoms with Gasteiger partial charge in [0.15, 0.2) is 0 Å². The van der Waals surface area contributed by atoms with E-state index >= 15 is 0 Å². The molecular formula is C46H56N2O2. The van der Waals surface area contributed by atoms with Crippen LogP contribution in [0.3, 0.4) is 0 Å². The number of hydrogen-bond donors (Lipinski definition) is 0. The minimum atomic E-state index is -0.283. The summed E-state index contributed by atoms with van der Waals surface area (Å²) in [6, 6.07) is 0. The van der Waals surface area contributed by atoms with Gasteiger partial charge in [0.25, 0.3) is 0 Å². The molecule has 4 aromatic carbocycles. The summed E-state index contributed by atoms with van der Waals surface area (Å²) in [5.74, 6) is 2.16. The number of benzene rings is 4. The molecule has 50 heavy (non-hydrogen) atoms. The number of allylic oxidation sites excluding steroid dienone is 2. The third kappa shape index (κ3) is 4.39. The zero-order valence-corrected chi connectivity index (χ0v) is 33.7. The van der Waals surface area contributed by atoms with Crippen molar-refractivity contribution in [1.82, 2.24) is 0 Å². The van der Waals surface area contributed by atoms with E-state index in [0.29, 0.717) is 0 Å². The van der Waals surface area contributed by atoms with Crippen molar-refractivity contribution in [3.8, 4) is 11.5 Å². The maximum atomic E-state index is 6.67. The van der Waals surface area contributed by atoms with E-state index in [1.165, 1.54) is 116 Å². The fourth-order valence-corrected chi connectivity index (χ4v) is 9.51. The largest absolute Gasteiger partial charge is 0.482 e. The molecule has 0 N–H and O–H groups in total. The summed E-state index contributed by atoms with van der Waals surface area (Å²) in [5.41, 5.74) is 23.8. The first-order valence-corrected chi connectivity index (χ1v) is 18.4. The van der Waals surface area contributed by atoms with Gasteiger partial charge in [0.1, 0.15) is 22.7 Å². The SMILES string of the molecule is CC1=C(C)C(C)(C)Oc2c1c(C)c(C)c1c(C)c(C)c3c(c21)CN3C.CC1=C(C)C(C)(C)Oc2c1c(C)c(C)c1c(C)c3c(c(C)c21)N=CC3. The topological polar surface area (TPSA) is 34.1 Å². The molecule has 4 heterocycles. The number of ether oxygens (including phenoxy) is 2. The Hall–Kier alpha value is -4.05. The lowest BCUT2D eigenvalue weighted by Gasteiger charge is -2.41. The first-order valence-electron chi connectivity index (χ1n) is 18.4. The van der Waals surface area contributed by atoms with Crippen LogP contribution in [0.25, 0.3) is 32.7 Å². The van der Waals surface area contributed by atoms with Crippen LogP contribution in [0.1, 0.15) is 122 Å². The molecule has 4 heteroatoms. The molecule has 0 saturated heterocycles. The van der Waals surface area contributed by atoms with Gasteiger partial charge in [-0.25, -0.2) is 0 Å². The molecule has 4 aliphatic rings. The Morgan fingerprint density at radius 1 is 0.540 bits per heavy atom. The minimum absolute atomic E-state index is 0.257. The van der Waals surface area contributed by atoms with Gasteiger partial charge in [-0.2, -0.15) is 0 Å². The summed E-state index contributed by atoms with van der Waals surface area (Å²) < 4.78 is 13.3. The molecule has 262 valence electrons. The van der Waals surface area contributed by atoms with Crippen LogP contribution in [0.5, 0.6) is 11.5 Å². The monoisotopic (exact) mass is 668 g/mol. The summed E-state index contributed by atoms with van der Waals surface area (Å²) >= 11 is 0. The highest BCUT2D eigenvalue weighted by molar-refractivity contribution is 6.08. The number of aliphatic imine (C=N–C) groups is 1. The van der Waals surface area contributed by atoms with Crippen LogP contribution >= 0.6 is 0 Å². The summed E-state index contributed by atoms with van der Waals surface area (Å²) in [6.45, 7) is 36.7. The fraction of sp³-hybridized carbons (Fsp3) is 0.457. The lowest BCUT2D eigenvalue weighted by atomic mass is 9.79. The van der Waals surface area contributed by atoms with Crippen molar-refractivity contribution < 1.29 is 9.47 Å². The molecule has 0 bridgehead atoms. The van der Waals surface area contributed by atoms with Crippen LogP contribution in [0.4, 0.5) is 11.4 Å². The molecule has 0 aliphatic carbocycles. The van der Waals surface area contributed by atoms with E-state index in [1.807, 2.05) is 6.21 Å². The zero-order valence-electron chi connectivity index (χ0n) is 33.7. The van der Waals surface area contributed by atoms with Crippen molar-refractivity contribution in [3.63, 3.8) is 0 Å². The highest BCUT2D eigenvalue weighted by Crippen LogP contribution is 2.54. The van der Waals surface area contributed by atoms with Gasteiger partial charge in [-0.1, -0.05) is 0 Å². The molecular weight excluding hydrogens is 613 g/mol. The van der Waals surface area contributed by atoms with Gasteiger partial charge >= 0.3 is 0 Å². The van der Waals surface area contributed by atoms with Gasteiger partial charge < -0.3 is 14.4 Å². The number of anilines is 1. The van der Waals surface area contributed by atoms with Gasteiger partial charge in [-0.05, 0) is 194 Å². The lowest BCUT2D eigenvalue weighted by molar-refractivity contribution is 0.146. The summed E-state index contributed by atoms with van der Waals surface area (Å²) in [6.07, 6.45) is 2.98. The smallest absolute Gasteiger partial charge is 0.136 e. The number of nitrogens with zero attached hydrogens (tertiary/aromatic N) is 2. The third-order valence-corrected chi connectivity index (χ3v) is 13.4. The Bertz CT molecular complexity index is 2340. The van der Waals surface area contributed by atoms with Crippen molar-refractivity contribution in [2.75, 3.05) is 11.9 Å². The van der Waals surface area contributed by atoms with Gasteiger partial charge in [0.05, 0.1) is 5.69 Å². The quantitative estimate of drug-likeness (QED) is 0.187. The van der Waals surface area contributed by atoms with Crippen molar-refractivity contribution in [2.24, 2.45) is 4.99 Å². The van der Waals surface area contributed by atoms with Crippen LogP contribution in [-0.4, -0.2) is 24.5 Å². The summed E-state index contributed by atoms with van der Waals surface area (Å²) in [7, 11) is 2.19. The first kappa shape index (κ1) is 34.4. The second-order valence-corrected chi connectivity index (χ2v) is 16.7. The Kier molecular flexibility index (Phi) is 7.55. The Morgan fingerprint density at radius 3 is 1.50 bits per heavy atom. The number of aryl methyl sites for hydroxylation is 5. The van der Waals surface area contributed by atoms with Gasteiger partial charge in [0.2, 0.25) is 0 Å². The van der Waals surface area contributed by atoms with Crippen molar-refractivity contribution in [1.29, 1.82) is 0 Å². The van der Waals surface area contributed by atoms with Crippen molar-refractivity contribution in [2.45, 2.75) is 135 Å². The predicted molar refractivity (Wildman–Crippen MR) is 216 cm³/mol. The highest BCUT2D eigenvalue weighted by Gasteiger charge is 2.38. The number of fused-ring (bicyclic) bond motifs is 9. The molecule has 8 rings (SSSR count). The molecule has 0 fully saturated rings. The third-order valence-electron chi connectivity index (χ3n) is 13.4. The second kappa shape index (κ2) is 11.0. The van der Waals surface area contributed by atoms with E-state index in [4.69, 9.17) is 9.47 Å². The first-order chi connectivity index (χ1) is 23.2. The van der Waals surface area contributed by atoms with E-state index < -0.39 is 0 Å². The average molecular weight is 669 g/mol. The van der Waals surface area contributed by atoms with Crippen LogP contribution in [-0.2, 0) is 13.0 Å². The van der Waals surface area contributed by atoms with E-state index in [-0.39, 0.29) is 11.2 Å². The van der Waals surface area contributed by atoms with Crippen molar-refractivity contribution in [3.05, 3.63) is 77.9 Å². The Labute approximate surface area is 300 Å². The highest BCUT2D eigenvalue weighted by atomic mass is 16.5.